The molecule has 3 nitrogen and oxygen atoms in total. The molecule has 1 fully saturated rings. The molecule has 0 radical (unpaired) electrons. The Morgan fingerprint density at radius 3 is 2.63 bits per heavy atom. The maximum atomic E-state index is 5.49. The molecule has 1 saturated heterocycles. The molecular weight excluding hydrogens is 236 g/mol. The van der Waals surface area contributed by atoms with Gasteiger partial charge in [0.15, 0.2) is 0 Å². The van der Waals surface area contributed by atoms with E-state index in [0.717, 1.165) is 44.9 Å². The number of benzene rings is 1. The lowest BCUT2D eigenvalue weighted by molar-refractivity contribution is 0.243. The molecule has 0 aromatic heterocycles. The first-order chi connectivity index (χ1) is 9.20. The van der Waals surface area contributed by atoms with Gasteiger partial charge in [-0.2, -0.15) is 0 Å². The van der Waals surface area contributed by atoms with Gasteiger partial charge in [0.2, 0.25) is 0 Å². The number of ether oxygens (including phenoxy) is 1. The fourth-order valence-electron chi connectivity index (χ4n) is 2.57. The molecule has 1 heterocycles. The zero-order chi connectivity index (χ0) is 13.7. The summed E-state index contributed by atoms with van der Waals surface area (Å²) in [5, 5.41) is 3.39. The first kappa shape index (κ1) is 14.4. The van der Waals surface area contributed by atoms with Crippen LogP contribution in [0.5, 0.6) is 5.75 Å². The number of hydrogen-bond acceptors (Lipinski definition) is 3. The third-order valence-electron chi connectivity index (χ3n) is 3.88. The Hall–Kier alpha value is -1.06. The maximum absolute atomic E-state index is 5.49. The lowest BCUT2D eigenvalue weighted by Gasteiger charge is -2.27. The van der Waals surface area contributed by atoms with E-state index in [-0.39, 0.29) is 0 Å². The number of rotatable bonds is 5. The number of nitrogens with one attached hydrogen (secondary N) is 1. The van der Waals surface area contributed by atoms with Gasteiger partial charge in [-0.25, -0.2) is 0 Å². The average molecular weight is 262 g/mol. The van der Waals surface area contributed by atoms with Gasteiger partial charge >= 0.3 is 0 Å². The SMILES string of the molecule is COc1ccc(C(C)C)cc1CCN1CCNCC1. The Bertz CT molecular complexity index is 398. The first-order valence-corrected chi connectivity index (χ1v) is 7.30. The van der Waals surface area contributed by atoms with Gasteiger partial charge in [-0.15, -0.1) is 0 Å². The molecule has 1 aromatic rings. The van der Waals surface area contributed by atoms with Crippen molar-refractivity contribution in [3.8, 4) is 5.75 Å². The van der Waals surface area contributed by atoms with Crippen LogP contribution in [0.25, 0.3) is 0 Å². The Kier molecular flexibility index (Phi) is 5.23. The van der Waals surface area contributed by atoms with Gasteiger partial charge in [0.25, 0.3) is 0 Å². The van der Waals surface area contributed by atoms with Gasteiger partial charge in [0.1, 0.15) is 5.75 Å². The Morgan fingerprint density at radius 2 is 2.00 bits per heavy atom. The van der Waals surface area contributed by atoms with Gasteiger partial charge in [-0.1, -0.05) is 26.0 Å². The molecule has 0 amide bonds. The van der Waals surface area contributed by atoms with Crippen molar-refractivity contribution in [2.24, 2.45) is 0 Å². The van der Waals surface area contributed by atoms with Crippen molar-refractivity contribution < 1.29 is 4.74 Å². The van der Waals surface area contributed by atoms with E-state index in [2.05, 4.69) is 42.3 Å². The third kappa shape index (κ3) is 3.95. The van der Waals surface area contributed by atoms with Gasteiger partial charge in [-0.05, 0) is 29.5 Å². The summed E-state index contributed by atoms with van der Waals surface area (Å²) < 4.78 is 5.49. The average Bonchev–Trinajstić information content (AvgIpc) is 2.45. The summed E-state index contributed by atoms with van der Waals surface area (Å²) >= 11 is 0. The van der Waals surface area contributed by atoms with E-state index in [0.29, 0.717) is 5.92 Å². The monoisotopic (exact) mass is 262 g/mol. The highest BCUT2D eigenvalue weighted by atomic mass is 16.5. The highest BCUT2D eigenvalue weighted by Crippen LogP contribution is 2.24. The van der Waals surface area contributed by atoms with Crippen LogP contribution in [0.3, 0.4) is 0 Å². The second kappa shape index (κ2) is 6.92. The van der Waals surface area contributed by atoms with Crippen LogP contribution < -0.4 is 10.1 Å². The summed E-state index contributed by atoms with van der Waals surface area (Å²) in [5.74, 6) is 1.60. The standard InChI is InChI=1S/C16H26N2O/c1-13(2)14-4-5-16(19-3)15(12-14)6-9-18-10-7-17-8-11-18/h4-5,12-13,17H,6-11H2,1-3H3. The van der Waals surface area contributed by atoms with E-state index in [1.165, 1.54) is 11.1 Å². The molecule has 0 aliphatic carbocycles. The quantitative estimate of drug-likeness (QED) is 0.881. The summed E-state index contributed by atoms with van der Waals surface area (Å²) in [6, 6.07) is 6.60. The molecular formula is C16H26N2O. The highest BCUT2D eigenvalue weighted by Gasteiger charge is 2.12. The van der Waals surface area contributed by atoms with Crippen molar-refractivity contribution >= 4 is 0 Å². The van der Waals surface area contributed by atoms with Crippen molar-refractivity contribution in [3.63, 3.8) is 0 Å². The smallest absolute Gasteiger partial charge is 0.122 e. The normalized spacial score (nSPS) is 16.8. The van der Waals surface area contributed by atoms with Gasteiger partial charge in [0.05, 0.1) is 7.11 Å². The number of methoxy groups -OCH3 is 1. The topological polar surface area (TPSA) is 24.5 Å². The molecule has 19 heavy (non-hydrogen) atoms. The van der Waals surface area contributed by atoms with Crippen LogP contribution in [0, 0.1) is 0 Å². The molecule has 1 aliphatic heterocycles. The zero-order valence-electron chi connectivity index (χ0n) is 12.4. The van der Waals surface area contributed by atoms with E-state index in [4.69, 9.17) is 4.74 Å². The van der Waals surface area contributed by atoms with Crippen LogP contribution in [0.4, 0.5) is 0 Å². The molecule has 1 N–H and O–H groups in total. The van der Waals surface area contributed by atoms with Crippen LogP contribution in [-0.2, 0) is 6.42 Å². The molecule has 0 atom stereocenters. The molecule has 0 unspecified atom stereocenters. The summed E-state index contributed by atoms with van der Waals surface area (Å²) in [4.78, 5) is 2.53. The molecule has 0 spiro atoms. The Balaban J connectivity index is 2.02. The van der Waals surface area contributed by atoms with E-state index < -0.39 is 0 Å². The summed E-state index contributed by atoms with van der Waals surface area (Å²) in [6.07, 6.45) is 1.07. The van der Waals surface area contributed by atoms with E-state index in [9.17, 15) is 0 Å². The molecule has 0 saturated carbocycles. The molecule has 1 aromatic carbocycles. The molecule has 0 bridgehead atoms. The van der Waals surface area contributed by atoms with Crippen LogP contribution in [-0.4, -0.2) is 44.7 Å². The predicted octanol–water partition coefficient (Wildman–Crippen LogP) is 2.27. The van der Waals surface area contributed by atoms with E-state index >= 15 is 0 Å². The van der Waals surface area contributed by atoms with Gasteiger partial charge in [-0.3, -0.25) is 0 Å². The number of nitrogens with zero attached hydrogens (tertiary/aromatic N) is 1. The predicted molar refractivity (Wildman–Crippen MR) is 80.1 cm³/mol. The van der Waals surface area contributed by atoms with Crippen molar-refractivity contribution in [1.29, 1.82) is 0 Å². The Labute approximate surface area is 116 Å². The summed E-state index contributed by atoms with van der Waals surface area (Å²) in [6.45, 7) is 10.1. The zero-order valence-corrected chi connectivity index (χ0v) is 12.4. The molecule has 106 valence electrons. The number of piperazine rings is 1. The van der Waals surface area contributed by atoms with Crippen molar-refractivity contribution in [2.75, 3.05) is 39.8 Å². The minimum Gasteiger partial charge on any atom is -0.496 e. The van der Waals surface area contributed by atoms with E-state index in [1.807, 2.05) is 0 Å². The van der Waals surface area contributed by atoms with E-state index in [1.54, 1.807) is 7.11 Å². The molecule has 1 aliphatic rings. The third-order valence-corrected chi connectivity index (χ3v) is 3.88. The van der Waals surface area contributed by atoms with Crippen LogP contribution >= 0.6 is 0 Å². The van der Waals surface area contributed by atoms with Crippen molar-refractivity contribution in [1.82, 2.24) is 10.2 Å². The first-order valence-electron chi connectivity index (χ1n) is 7.30. The summed E-state index contributed by atoms with van der Waals surface area (Å²) in [7, 11) is 1.76. The minimum atomic E-state index is 0.573. The van der Waals surface area contributed by atoms with Gasteiger partial charge in [0, 0.05) is 32.7 Å². The Morgan fingerprint density at radius 1 is 1.26 bits per heavy atom. The lowest BCUT2D eigenvalue weighted by Crippen LogP contribution is -2.44. The lowest BCUT2D eigenvalue weighted by atomic mass is 9.99. The van der Waals surface area contributed by atoms with Gasteiger partial charge < -0.3 is 15.0 Å². The molecule has 3 heteroatoms. The second-order valence-corrected chi connectivity index (χ2v) is 5.57. The largest absolute Gasteiger partial charge is 0.496 e. The number of hydrogen-bond donors (Lipinski definition) is 1. The minimum absolute atomic E-state index is 0.573. The maximum Gasteiger partial charge on any atom is 0.122 e. The van der Waals surface area contributed by atoms with Crippen LogP contribution in [0.1, 0.15) is 30.9 Å². The van der Waals surface area contributed by atoms with Crippen molar-refractivity contribution in [3.05, 3.63) is 29.3 Å². The van der Waals surface area contributed by atoms with Crippen molar-refractivity contribution in [2.45, 2.75) is 26.2 Å². The van der Waals surface area contributed by atoms with Crippen LogP contribution in [0.2, 0.25) is 0 Å². The second-order valence-electron chi connectivity index (χ2n) is 5.57. The molecule has 2 rings (SSSR count). The fraction of sp³-hybridized carbons (Fsp3) is 0.625. The fourth-order valence-corrected chi connectivity index (χ4v) is 2.57. The highest BCUT2D eigenvalue weighted by molar-refractivity contribution is 5.38. The summed E-state index contributed by atoms with van der Waals surface area (Å²) in [5.41, 5.74) is 2.74. The van der Waals surface area contributed by atoms with Crippen LogP contribution in [0.15, 0.2) is 18.2 Å².